The fourth-order valence-corrected chi connectivity index (χ4v) is 3.00. The molecule has 2 rings (SSSR count). The molecular weight excluding hydrogens is 378 g/mol. The molecule has 150 valence electrons. The lowest BCUT2D eigenvalue weighted by Crippen LogP contribution is -3.14. The number of benzene rings is 2. The van der Waals surface area contributed by atoms with E-state index in [1.807, 2.05) is 32.0 Å². The normalized spacial score (nSPS) is 12.7. The number of methoxy groups -OCH3 is 1. The van der Waals surface area contributed by atoms with Gasteiger partial charge in [-0.3, -0.25) is 9.59 Å². The minimum absolute atomic E-state index is 0.110. The molecule has 0 spiro atoms. The number of hydrogen-bond acceptors (Lipinski definition) is 3. The summed E-state index contributed by atoms with van der Waals surface area (Å²) in [6.45, 7) is 4.95. The smallest absolute Gasteiger partial charge is 0.279 e. The van der Waals surface area contributed by atoms with Crippen LogP contribution in [0.25, 0.3) is 0 Å². The van der Waals surface area contributed by atoms with Crippen molar-refractivity contribution in [2.75, 3.05) is 32.1 Å². The van der Waals surface area contributed by atoms with Crippen LogP contribution >= 0.6 is 11.6 Å². The molecule has 0 saturated carbocycles. The molecule has 0 saturated heterocycles. The molecule has 2 aromatic rings. The van der Waals surface area contributed by atoms with E-state index < -0.39 is 0 Å². The number of ether oxygens (including phenoxy) is 1. The predicted molar refractivity (Wildman–Crippen MR) is 111 cm³/mol. The second-order valence-corrected chi connectivity index (χ2v) is 7.01. The molecule has 1 unspecified atom stereocenters. The van der Waals surface area contributed by atoms with Crippen molar-refractivity contribution in [2.24, 2.45) is 0 Å². The number of anilines is 1. The summed E-state index contributed by atoms with van der Waals surface area (Å²) in [6.07, 6.45) is 0. The number of nitrogens with one attached hydrogen (secondary N) is 3. The number of amides is 2. The average molecular weight is 405 g/mol. The third kappa shape index (κ3) is 6.87. The Labute approximate surface area is 170 Å². The van der Waals surface area contributed by atoms with E-state index in [0.717, 1.165) is 16.2 Å². The van der Waals surface area contributed by atoms with Gasteiger partial charge in [-0.05, 0) is 55.8 Å². The fraction of sp³-hybridized carbons (Fsp3) is 0.333. The number of carbonyl (C=O) groups is 2. The van der Waals surface area contributed by atoms with Crippen molar-refractivity contribution in [1.82, 2.24) is 5.32 Å². The number of likely N-dealkylation sites (N-methyl/N-ethyl adjacent to an activating group) is 1. The maximum Gasteiger partial charge on any atom is 0.279 e. The van der Waals surface area contributed by atoms with Gasteiger partial charge in [0.25, 0.3) is 11.8 Å². The highest BCUT2D eigenvalue weighted by atomic mass is 35.5. The minimum atomic E-state index is -0.155. The standard InChI is InChI=1S/C21H26ClN3O3/c1-4-25(14-21(27)24-18-8-10-19(28-3)11-9-18)13-20(26)23-15(2)16-6-5-7-17(22)12-16/h5-12,15H,4,13-14H2,1-3H3,(H,23,26)(H,24,27)/p+1/t15-/m0/s1. The first-order chi connectivity index (χ1) is 13.4. The zero-order chi connectivity index (χ0) is 20.5. The van der Waals surface area contributed by atoms with Gasteiger partial charge in [-0.1, -0.05) is 23.7 Å². The van der Waals surface area contributed by atoms with E-state index in [0.29, 0.717) is 17.3 Å². The Morgan fingerprint density at radius 3 is 2.39 bits per heavy atom. The molecule has 3 N–H and O–H groups in total. The van der Waals surface area contributed by atoms with Crippen molar-refractivity contribution >= 4 is 29.1 Å². The maximum absolute atomic E-state index is 12.4. The highest BCUT2D eigenvalue weighted by Gasteiger charge is 2.18. The first-order valence-electron chi connectivity index (χ1n) is 9.23. The Bertz CT molecular complexity index is 796. The van der Waals surface area contributed by atoms with Crippen LogP contribution in [0, 0.1) is 0 Å². The van der Waals surface area contributed by atoms with Crippen LogP contribution in [-0.4, -0.2) is 38.6 Å². The second kappa shape index (κ2) is 10.7. The van der Waals surface area contributed by atoms with Crippen molar-refractivity contribution in [3.8, 4) is 5.75 Å². The molecule has 0 bridgehead atoms. The summed E-state index contributed by atoms with van der Waals surface area (Å²) in [5.41, 5.74) is 1.64. The molecule has 28 heavy (non-hydrogen) atoms. The van der Waals surface area contributed by atoms with Gasteiger partial charge in [0.1, 0.15) is 5.75 Å². The molecule has 6 nitrogen and oxygen atoms in total. The van der Waals surface area contributed by atoms with Crippen molar-refractivity contribution in [2.45, 2.75) is 19.9 Å². The minimum Gasteiger partial charge on any atom is -0.497 e. The van der Waals surface area contributed by atoms with Crippen LogP contribution in [-0.2, 0) is 9.59 Å². The van der Waals surface area contributed by atoms with Crippen LogP contribution in [0.3, 0.4) is 0 Å². The van der Waals surface area contributed by atoms with Gasteiger partial charge in [-0.2, -0.15) is 0 Å². The van der Waals surface area contributed by atoms with Crippen LogP contribution in [0.1, 0.15) is 25.5 Å². The van der Waals surface area contributed by atoms with E-state index >= 15 is 0 Å². The number of halogens is 1. The van der Waals surface area contributed by atoms with Gasteiger partial charge in [0.05, 0.1) is 19.7 Å². The SMILES string of the molecule is CC[NH+](CC(=O)Nc1ccc(OC)cc1)CC(=O)N[C@@H](C)c1cccc(Cl)c1. The molecule has 2 amide bonds. The zero-order valence-electron chi connectivity index (χ0n) is 16.4. The van der Waals surface area contributed by atoms with Crippen LogP contribution in [0.4, 0.5) is 5.69 Å². The quantitative estimate of drug-likeness (QED) is 0.599. The molecule has 0 heterocycles. The zero-order valence-corrected chi connectivity index (χ0v) is 17.2. The Morgan fingerprint density at radius 1 is 1.11 bits per heavy atom. The average Bonchev–Trinajstić information content (AvgIpc) is 2.67. The maximum atomic E-state index is 12.4. The summed E-state index contributed by atoms with van der Waals surface area (Å²) in [5.74, 6) is 0.476. The van der Waals surface area contributed by atoms with Gasteiger partial charge < -0.3 is 20.3 Å². The lowest BCUT2D eigenvalue weighted by atomic mass is 10.1. The topological polar surface area (TPSA) is 71.9 Å². The van der Waals surface area contributed by atoms with Gasteiger partial charge in [0, 0.05) is 10.7 Å². The summed E-state index contributed by atoms with van der Waals surface area (Å²) >= 11 is 6.00. The Balaban J connectivity index is 1.84. The third-order valence-corrected chi connectivity index (χ3v) is 4.66. The molecule has 0 aromatic heterocycles. The van der Waals surface area contributed by atoms with Crippen LogP contribution in [0.15, 0.2) is 48.5 Å². The molecule has 0 aliphatic carbocycles. The molecule has 2 atom stereocenters. The first kappa shape index (κ1) is 21.7. The number of carbonyl (C=O) groups excluding carboxylic acids is 2. The van der Waals surface area contributed by atoms with E-state index in [-0.39, 0.29) is 30.9 Å². The molecule has 0 radical (unpaired) electrons. The van der Waals surface area contributed by atoms with E-state index in [9.17, 15) is 9.59 Å². The largest absolute Gasteiger partial charge is 0.497 e. The number of quaternary nitrogens is 1. The predicted octanol–water partition coefficient (Wildman–Crippen LogP) is 2.07. The number of hydrogen-bond donors (Lipinski definition) is 3. The summed E-state index contributed by atoms with van der Waals surface area (Å²) in [4.78, 5) is 25.5. The number of rotatable bonds is 9. The summed E-state index contributed by atoms with van der Waals surface area (Å²) in [7, 11) is 1.59. The van der Waals surface area contributed by atoms with Gasteiger partial charge in [0.15, 0.2) is 13.1 Å². The van der Waals surface area contributed by atoms with Gasteiger partial charge in [-0.15, -0.1) is 0 Å². The van der Waals surface area contributed by atoms with E-state index in [1.54, 1.807) is 37.4 Å². The van der Waals surface area contributed by atoms with Crippen molar-refractivity contribution in [3.05, 3.63) is 59.1 Å². The molecule has 0 aliphatic heterocycles. The third-order valence-electron chi connectivity index (χ3n) is 4.42. The van der Waals surface area contributed by atoms with E-state index in [1.165, 1.54) is 0 Å². The van der Waals surface area contributed by atoms with Gasteiger partial charge in [0.2, 0.25) is 0 Å². The summed E-state index contributed by atoms with van der Waals surface area (Å²) in [6, 6.07) is 14.4. The van der Waals surface area contributed by atoms with Crippen molar-refractivity contribution in [1.29, 1.82) is 0 Å². The van der Waals surface area contributed by atoms with Crippen LogP contribution < -0.4 is 20.3 Å². The van der Waals surface area contributed by atoms with Crippen molar-refractivity contribution in [3.63, 3.8) is 0 Å². The molecule has 7 heteroatoms. The lowest BCUT2D eigenvalue weighted by molar-refractivity contribution is -0.881. The van der Waals surface area contributed by atoms with Gasteiger partial charge in [-0.25, -0.2) is 0 Å². The molecule has 0 fully saturated rings. The lowest BCUT2D eigenvalue weighted by Gasteiger charge is -2.19. The molecular formula is C21H27ClN3O3+. The summed E-state index contributed by atoms with van der Waals surface area (Å²) in [5, 5.41) is 6.44. The van der Waals surface area contributed by atoms with Gasteiger partial charge >= 0.3 is 0 Å². The summed E-state index contributed by atoms with van der Waals surface area (Å²) < 4.78 is 5.10. The van der Waals surface area contributed by atoms with Crippen molar-refractivity contribution < 1.29 is 19.2 Å². The Morgan fingerprint density at radius 2 is 1.79 bits per heavy atom. The van der Waals surface area contributed by atoms with E-state index in [2.05, 4.69) is 10.6 Å². The highest BCUT2D eigenvalue weighted by Crippen LogP contribution is 2.17. The van der Waals surface area contributed by atoms with Crippen LogP contribution in [0.5, 0.6) is 5.75 Å². The van der Waals surface area contributed by atoms with Crippen LogP contribution in [0.2, 0.25) is 5.02 Å². The highest BCUT2D eigenvalue weighted by molar-refractivity contribution is 6.30. The Hall–Kier alpha value is -2.57. The second-order valence-electron chi connectivity index (χ2n) is 6.58. The first-order valence-corrected chi connectivity index (χ1v) is 9.61. The molecule has 2 aromatic carbocycles. The van der Waals surface area contributed by atoms with E-state index in [4.69, 9.17) is 16.3 Å². The monoisotopic (exact) mass is 404 g/mol. The fourth-order valence-electron chi connectivity index (χ4n) is 2.80. The molecule has 0 aliphatic rings. The Kier molecular flexibility index (Phi) is 8.29.